The highest BCUT2D eigenvalue weighted by Crippen LogP contribution is 2.63. The minimum absolute atomic E-state index is 0.0534. The maximum atomic E-state index is 13.3. The van der Waals surface area contributed by atoms with Crippen LogP contribution >= 0.6 is 0 Å². The summed E-state index contributed by atoms with van der Waals surface area (Å²) in [5, 5.41) is 5.37. The van der Waals surface area contributed by atoms with E-state index in [0.717, 1.165) is 6.08 Å². The van der Waals surface area contributed by atoms with Crippen LogP contribution in [0.2, 0.25) is 0 Å². The van der Waals surface area contributed by atoms with E-state index in [0.29, 0.717) is 24.1 Å². The number of anilines is 1. The highest BCUT2D eigenvalue weighted by atomic mass is 19.4. The summed E-state index contributed by atoms with van der Waals surface area (Å²) in [7, 11) is 0. The molecule has 0 saturated heterocycles. The number of carbonyl (C=O) groups excluding carboxylic acids is 2. The van der Waals surface area contributed by atoms with E-state index in [-0.39, 0.29) is 19.3 Å². The lowest BCUT2D eigenvalue weighted by molar-refractivity contribution is -0.220. The zero-order valence-corrected chi connectivity index (χ0v) is 13.6. The van der Waals surface area contributed by atoms with Gasteiger partial charge in [0.1, 0.15) is 0 Å². The lowest BCUT2D eigenvalue weighted by Gasteiger charge is -2.29. The molecule has 7 heteroatoms. The second-order valence-corrected chi connectivity index (χ2v) is 6.96. The molecule has 0 radical (unpaired) electrons. The van der Waals surface area contributed by atoms with Crippen molar-refractivity contribution in [3.63, 3.8) is 0 Å². The van der Waals surface area contributed by atoms with Crippen molar-refractivity contribution < 1.29 is 22.8 Å². The summed E-state index contributed by atoms with van der Waals surface area (Å²) in [5.74, 6) is -0.827. The molecular formula is C18H19F3N2O2. The van der Waals surface area contributed by atoms with Crippen LogP contribution in [0.1, 0.15) is 42.5 Å². The lowest BCUT2D eigenvalue weighted by Crippen LogP contribution is -2.45. The lowest BCUT2D eigenvalue weighted by atomic mass is 9.83. The molecule has 2 amide bonds. The van der Waals surface area contributed by atoms with Gasteiger partial charge in [-0.15, -0.1) is 0 Å². The maximum Gasteiger partial charge on any atom is 0.394 e. The van der Waals surface area contributed by atoms with Crippen molar-refractivity contribution in [2.45, 2.75) is 43.8 Å². The summed E-state index contributed by atoms with van der Waals surface area (Å²) >= 11 is 0. The summed E-state index contributed by atoms with van der Waals surface area (Å²) in [6, 6.07) is 6.29. The van der Waals surface area contributed by atoms with Crippen LogP contribution in [-0.2, 0) is 4.79 Å². The maximum absolute atomic E-state index is 13.3. The average molecular weight is 352 g/mol. The van der Waals surface area contributed by atoms with Crippen LogP contribution in [-0.4, -0.2) is 23.5 Å². The third-order valence-electron chi connectivity index (χ3n) is 5.40. The fourth-order valence-electron chi connectivity index (χ4n) is 4.01. The highest BCUT2D eigenvalue weighted by Gasteiger charge is 2.66. The van der Waals surface area contributed by atoms with Gasteiger partial charge in [-0.05, 0) is 56.4 Å². The summed E-state index contributed by atoms with van der Waals surface area (Å²) in [6.07, 6.45) is -2.37. The van der Waals surface area contributed by atoms with Gasteiger partial charge >= 0.3 is 6.18 Å². The van der Waals surface area contributed by atoms with Crippen molar-refractivity contribution in [3.8, 4) is 0 Å². The number of hydrogen-bond acceptors (Lipinski definition) is 2. The van der Waals surface area contributed by atoms with Gasteiger partial charge in [-0.2, -0.15) is 13.2 Å². The van der Waals surface area contributed by atoms with Crippen molar-refractivity contribution in [1.82, 2.24) is 5.32 Å². The molecule has 1 aromatic rings. The van der Waals surface area contributed by atoms with Crippen LogP contribution in [0.25, 0.3) is 0 Å². The molecule has 0 aromatic heterocycles. The number of hydrogen-bond donors (Lipinski definition) is 2. The topological polar surface area (TPSA) is 58.2 Å². The molecular weight excluding hydrogens is 333 g/mol. The van der Waals surface area contributed by atoms with E-state index in [4.69, 9.17) is 0 Å². The first-order valence-electron chi connectivity index (χ1n) is 8.11. The van der Waals surface area contributed by atoms with Gasteiger partial charge in [0.05, 0.1) is 5.41 Å². The number of benzene rings is 1. The van der Waals surface area contributed by atoms with E-state index in [1.54, 1.807) is 18.2 Å². The number of alkyl halides is 3. The number of fused-ring (bicyclic) bond motifs is 2. The van der Waals surface area contributed by atoms with Gasteiger partial charge in [0.15, 0.2) is 0 Å². The molecule has 2 aliphatic rings. The monoisotopic (exact) mass is 352 g/mol. The molecule has 25 heavy (non-hydrogen) atoms. The van der Waals surface area contributed by atoms with Crippen molar-refractivity contribution in [1.29, 1.82) is 0 Å². The third kappa shape index (κ3) is 3.15. The predicted octanol–water partition coefficient (Wildman–Crippen LogP) is 3.81. The van der Waals surface area contributed by atoms with Crippen LogP contribution in [0.15, 0.2) is 36.9 Å². The second kappa shape index (κ2) is 5.89. The van der Waals surface area contributed by atoms with Gasteiger partial charge in [0, 0.05) is 16.8 Å². The summed E-state index contributed by atoms with van der Waals surface area (Å²) in [4.78, 5) is 23.9. The summed E-state index contributed by atoms with van der Waals surface area (Å²) < 4.78 is 40.0. The molecule has 0 aliphatic heterocycles. The van der Waals surface area contributed by atoms with E-state index in [2.05, 4.69) is 17.2 Å². The Kier molecular flexibility index (Phi) is 4.13. The Hall–Kier alpha value is -2.31. The Morgan fingerprint density at radius 3 is 2.40 bits per heavy atom. The molecule has 2 aliphatic carbocycles. The molecule has 134 valence electrons. The molecule has 2 N–H and O–H groups in total. The molecule has 0 heterocycles. The van der Waals surface area contributed by atoms with E-state index >= 15 is 0 Å². The van der Waals surface area contributed by atoms with Gasteiger partial charge in [0.25, 0.3) is 5.91 Å². The van der Waals surface area contributed by atoms with Crippen molar-refractivity contribution in [2.75, 3.05) is 5.32 Å². The second-order valence-electron chi connectivity index (χ2n) is 6.96. The molecule has 0 spiro atoms. The first-order chi connectivity index (χ1) is 11.7. The van der Waals surface area contributed by atoms with Crippen molar-refractivity contribution in [3.05, 3.63) is 42.5 Å². The van der Waals surface area contributed by atoms with Gasteiger partial charge < -0.3 is 10.6 Å². The summed E-state index contributed by atoms with van der Waals surface area (Å²) in [6.45, 7) is 3.35. The number of rotatable bonds is 4. The van der Waals surface area contributed by atoms with Gasteiger partial charge in [0.2, 0.25) is 5.91 Å². The van der Waals surface area contributed by atoms with E-state index in [1.807, 2.05) is 0 Å². The van der Waals surface area contributed by atoms with Gasteiger partial charge in [-0.25, -0.2) is 0 Å². The zero-order chi connectivity index (χ0) is 18.3. The first kappa shape index (κ1) is 17.5. The third-order valence-corrected chi connectivity index (χ3v) is 5.40. The van der Waals surface area contributed by atoms with Gasteiger partial charge in [-0.1, -0.05) is 12.6 Å². The van der Waals surface area contributed by atoms with Crippen LogP contribution < -0.4 is 10.6 Å². The van der Waals surface area contributed by atoms with E-state index < -0.39 is 28.9 Å². The molecule has 4 nitrogen and oxygen atoms in total. The highest BCUT2D eigenvalue weighted by molar-refractivity contribution is 6.01. The Balaban J connectivity index is 1.73. The van der Waals surface area contributed by atoms with Gasteiger partial charge in [-0.3, -0.25) is 9.59 Å². The zero-order valence-electron chi connectivity index (χ0n) is 13.6. The smallest absolute Gasteiger partial charge is 0.347 e. The molecule has 0 atom stereocenters. The molecule has 0 unspecified atom stereocenters. The molecule has 2 bridgehead atoms. The Bertz CT molecular complexity index is 719. The Morgan fingerprint density at radius 2 is 1.84 bits per heavy atom. The fraction of sp³-hybridized carbons (Fsp3) is 0.444. The number of carbonyl (C=O) groups is 2. The van der Waals surface area contributed by atoms with E-state index in [9.17, 15) is 22.8 Å². The molecule has 2 fully saturated rings. The Labute approximate surface area is 143 Å². The van der Waals surface area contributed by atoms with Crippen molar-refractivity contribution in [2.24, 2.45) is 5.41 Å². The number of nitrogens with one attached hydrogen (secondary N) is 2. The normalized spacial score (nSPS) is 27.8. The fourth-order valence-corrected chi connectivity index (χ4v) is 4.01. The first-order valence-corrected chi connectivity index (χ1v) is 8.11. The number of amides is 2. The summed E-state index contributed by atoms with van der Waals surface area (Å²) in [5.41, 5.74) is -1.71. The Morgan fingerprint density at radius 1 is 1.16 bits per heavy atom. The van der Waals surface area contributed by atoms with E-state index in [1.165, 1.54) is 6.07 Å². The standard InChI is InChI=1S/C18H19F3N2O2/c1-2-14(24)22-13-5-3-4-12(10-13)15(25)23-17-8-6-16(11-17,7-9-17)18(19,20)21/h2-5,10H,1,6-9,11H2,(H,22,24)(H,23,25). The van der Waals surface area contributed by atoms with Crippen LogP contribution in [0, 0.1) is 5.41 Å². The minimum Gasteiger partial charge on any atom is -0.347 e. The molecule has 3 rings (SSSR count). The van der Waals surface area contributed by atoms with Crippen LogP contribution in [0.5, 0.6) is 0 Å². The SMILES string of the molecule is C=CC(=O)Nc1cccc(C(=O)NC23CCC(C(F)(F)F)(CC2)C3)c1. The molecule has 1 aromatic carbocycles. The largest absolute Gasteiger partial charge is 0.394 e. The quantitative estimate of drug-likeness (QED) is 0.810. The predicted molar refractivity (Wildman–Crippen MR) is 87.0 cm³/mol. The minimum atomic E-state index is -4.23. The average Bonchev–Trinajstić information content (AvgIpc) is 3.12. The number of halogens is 3. The molecule has 2 saturated carbocycles. The van der Waals surface area contributed by atoms with Crippen molar-refractivity contribution >= 4 is 17.5 Å². The van der Waals surface area contributed by atoms with Crippen LogP contribution in [0.4, 0.5) is 18.9 Å². The van der Waals surface area contributed by atoms with Crippen LogP contribution in [0.3, 0.4) is 0 Å².